The van der Waals surface area contributed by atoms with E-state index in [1.54, 1.807) is 7.11 Å². The highest BCUT2D eigenvalue weighted by molar-refractivity contribution is 6.00. The third-order valence-electron chi connectivity index (χ3n) is 4.18. The third-order valence-corrected chi connectivity index (χ3v) is 4.18. The molecule has 0 spiro atoms. The van der Waals surface area contributed by atoms with Crippen molar-refractivity contribution >= 4 is 17.7 Å². The second-order valence-corrected chi connectivity index (χ2v) is 6.62. The summed E-state index contributed by atoms with van der Waals surface area (Å²) in [5.74, 6) is 1.44. The molecule has 0 bridgehead atoms. The largest absolute Gasteiger partial charge is 0.383 e. The summed E-state index contributed by atoms with van der Waals surface area (Å²) in [6.07, 6.45) is 6.53. The molecule has 0 aliphatic heterocycles. The molecule has 1 amide bonds. The van der Waals surface area contributed by atoms with Gasteiger partial charge in [-0.3, -0.25) is 9.89 Å². The average Bonchev–Trinajstić information content (AvgIpc) is 2.93. The van der Waals surface area contributed by atoms with E-state index in [1.165, 1.54) is 19.3 Å². The molecule has 134 valence electrons. The first-order valence-corrected chi connectivity index (χ1v) is 8.73. The van der Waals surface area contributed by atoms with Crippen LogP contribution in [-0.4, -0.2) is 41.8 Å². The van der Waals surface area contributed by atoms with Gasteiger partial charge in [0, 0.05) is 31.3 Å². The Labute approximate surface area is 143 Å². The Bertz CT molecular complexity index is 549. The minimum Gasteiger partial charge on any atom is -0.383 e. The van der Waals surface area contributed by atoms with E-state index in [0.717, 1.165) is 18.5 Å². The minimum absolute atomic E-state index is 0.0313. The number of ether oxygens (including phenoxy) is 1. The summed E-state index contributed by atoms with van der Waals surface area (Å²) in [5, 5.41) is 13.3. The van der Waals surface area contributed by atoms with Crippen LogP contribution in [0.1, 0.15) is 51.1 Å². The van der Waals surface area contributed by atoms with Crippen LogP contribution in [0.5, 0.6) is 0 Å². The maximum absolute atomic E-state index is 12.3. The van der Waals surface area contributed by atoms with Crippen molar-refractivity contribution in [1.82, 2.24) is 15.5 Å². The number of aromatic amines is 1. The zero-order chi connectivity index (χ0) is 17.4. The quantitative estimate of drug-likeness (QED) is 0.549. The monoisotopic (exact) mass is 335 g/mol. The average molecular weight is 335 g/mol. The zero-order valence-corrected chi connectivity index (χ0v) is 14.9. The minimum atomic E-state index is -0.0891. The topological polar surface area (TPSA) is 91.4 Å². The Morgan fingerprint density at radius 3 is 2.83 bits per heavy atom. The van der Waals surface area contributed by atoms with Gasteiger partial charge >= 0.3 is 0 Å². The van der Waals surface area contributed by atoms with Gasteiger partial charge < -0.3 is 15.4 Å². The van der Waals surface area contributed by atoms with Crippen LogP contribution in [-0.2, 0) is 9.53 Å². The molecule has 1 aromatic rings. The molecule has 1 atom stereocenters. The molecule has 1 aliphatic carbocycles. The van der Waals surface area contributed by atoms with Gasteiger partial charge in [-0.2, -0.15) is 10.1 Å². The maximum Gasteiger partial charge on any atom is 0.249 e. The Morgan fingerprint density at radius 1 is 1.46 bits per heavy atom. The van der Waals surface area contributed by atoms with Crippen molar-refractivity contribution in [3.05, 3.63) is 11.8 Å². The number of carbonyl (C=O) groups excluding carboxylic acids is 1. The van der Waals surface area contributed by atoms with E-state index in [1.807, 2.05) is 19.9 Å². The normalized spacial score (nSPS) is 17.5. The number of hydrogen-bond donors (Lipinski definition) is 3. The van der Waals surface area contributed by atoms with Crippen LogP contribution in [0.3, 0.4) is 0 Å². The maximum atomic E-state index is 12.3. The van der Waals surface area contributed by atoms with E-state index < -0.39 is 0 Å². The molecule has 1 fully saturated rings. The molecular weight excluding hydrogens is 306 g/mol. The van der Waals surface area contributed by atoms with E-state index in [0.29, 0.717) is 30.7 Å². The van der Waals surface area contributed by atoms with Crippen LogP contribution in [0.4, 0.5) is 5.82 Å². The fraction of sp³-hybridized carbons (Fsp3) is 0.706. The molecule has 2 rings (SSSR count). The fourth-order valence-electron chi connectivity index (χ4n) is 3.03. The van der Waals surface area contributed by atoms with Gasteiger partial charge in [0.25, 0.3) is 0 Å². The van der Waals surface area contributed by atoms with E-state index >= 15 is 0 Å². The molecule has 0 aromatic carbocycles. The van der Waals surface area contributed by atoms with Crippen LogP contribution in [0.25, 0.3) is 0 Å². The van der Waals surface area contributed by atoms with Crippen LogP contribution in [0, 0.1) is 12.8 Å². The van der Waals surface area contributed by atoms with E-state index in [9.17, 15) is 4.79 Å². The Hall–Kier alpha value is -1.89. The predicted octanol–water partition coefficient (Wildman–Crippen LogP) is 2.61. The molecular formula is C17H29N5O2. The molecule has 7 heteroatoms. The van der Waals surface area contributed by atoms with Crippen LogP contribution >= 0.6 is 0 Å². The number of rotatable bonds is 6. The van der Waals surface area contributed by atoms with Crippen LogP contribution in [0.15, 0.2) is 11.1 Å². The second kappa shape index (κ2) is 9.42. The van der Waals surface area contributed by atoms with Crippen molar-refractivity contribution in [1.29, 1.82) is 0 Å². The van der Waals surface area contributed by atoms with Gasteiger partial charge in [0.15, 0.2) is 5.82 Å². The number of aliphatic imine (C=N–C) groups is 1. The Morgan fingerprint density at radius 2 is 2.21 bits per heavy atom. The van der Waals surface area contributed by atoms with Crippen molar-refractivity contribution < 1.29 is 9.53 Å². The first-order chi connectivity index (χ1) is 11.6. The number of nitrogens with one attached hydrogen (secondary N) is 3. The molecule has 1 heterocycles. The summed E-state index contributed by atoms with van der Waals surface area (Å²) in [6.45, 7) is 4.42. The van der Waals surface area contributed by atoms with Gasteiger partial charge in [0.2, 0.25) is 11.9 Å². The van der Waals surface area contributed by atoms with Gasteiger partial charge in [-0.25, -0.2) is 0 Å². The van der Waals surface area contributed by atoms with Gasteiger partial charge in [-0.15, -0.1) is 0 Å². The lowest BCUT2D eigenvalue weighted by Crippen LogP contribution is -2.40. The summed E-state index contributed by atoms with van der Waals surface area (Å²) >= 11 is 0. The van der Waals surface area contributed by atoms with Crippen molar-refractivity contribution in [2.75, 3.05) is 19.0 Å². The summed E-state index contributed by atoms with van der Waals surface area (Å²) in [7, 11) is 1.65. The number of hydrogen-bond acceptors (Lipinski definition) is 3. The summed E-state index contributed by atoms with van der Waals surface area (Å²) in [6, 6.07) is 1.90. The van der Waals surface area contributed by atoms with E-state index in [2.05, 4.69) is 25.8 Å². The molecule has 1 aromatic heterocycles. The molecule has 0 saturated heterocycles. The SMILES string of the molecule is COCC(C)N/C(=N/C(=O)CC1CCCCC1)Nc1cc(C)[nH]n1. The number of carbonyl (C=O) groups is 1. The van der Waals surface area contributed by atoms with Crippen LogP contribution < -0.4 is 10.6 Å². The number of anilines is 1. The molecule has 24 heavy (non-hydrogen) atoms. The number of amides is 1. The van der Waals surface area contributed by atoms with Crippen molar-refractivity contribution in [2.24, 2.45) is 10.9 Å². The van der Waals surface area contributed by atoms with Crippen LogP contribution in [0.2, 0.25) is 0 Å². The highest BCUT2D eigenvalue weighted by Gasteiger charge is 2.18. The predicted molar refractivity (Wildman–Crippen MR) is 95.1 cm³/mol. The van der Waals surface area contributed by atoms with Gasteiger partial charge in [0.05, 0.1) is 6.61 Å². The number of guanidine groups is 1. The smallest absolute Gasteiger partial charge is 0.249 e. The fourth-order valence-corrected chi connectivity index (χ4v) is 3.03. The standard InChI is InChI=1S/C17H29N5O2/c1-12-9-15(22-21-12)19-17(18-13(2)11-24-3)20-16(23)10-14-7-5-4-6-8-14/h9,13-14H,4-8,10-11H2,1-3H3,(H3,18,19,20,21,22,23). The number of methoxy groups -OCH3 is 1. The molecule has 1 aliphatic rings. The number of aryl methyl sites for hydroxylation is 1. The number of aromatic nitrogens is 2. The number of H-pyrrole nitrogens is 1. The van der Waals surface area contributed by atoms with Crippen molar-refractivity contribution in [3.63, 3.8) is 0 Å². The zero-order valence-electron chi connectivity index (χ0n) is 14.9. The highest BCUT2D eigenvalue weighted by Crippen LogP contribution is 2.26. The first-order valence-electron chi connectivity index (χ1n) is 8.73. The lowest BCUT2D eigenvalue weighted by atomic mass is 9.87. The number of nitrogens with zero attached hydrogens (tertiary/aromatic N) is 2. The van der Waals surface area contributed by atoms with Gasteiger partial charge in [-0.1, -0.05) is 19.3 Å². The molecule has 7 nitrogen and oxygen atoms in total. The molecule has 0 radical (unpaired) electrons. The van der Waals surface area contributed by atoms with E-state index in [-0.39, 0.29) is 11.9 Å². The molecule has 3 N–H and O–H groups in total. The van der Waals surface area contributed by atoms with Crippen molar-refractivity contribution in [2.45, 2.75) is 58.4 Å². The highest BCUT2D eigenvalue weighted by atomic mass is 16.5. The van der Waals surface area contributed by atoms with Crippen molar-refractivity contribution in [3.8, 4) is 0 Å². The lowest BCUT2D eigenvalue weighted by Gasteiger charge is -2.20. The summed E-state index contributed by atoms with van der Waals surface area (Å²) in [5.41, 5.74) is 0.940. The molecule has 1 saturated carbocycles. The third kappa shape index (κ3) is 6.31. The van der Waals surface area contributed by atoms with Gasteiger partial charge in [0.1, 0.15) is 0 Å². The van der Waals surface area contributed by atoms with E-state index in [4.69, 9.17) is 4.74 Å². The summed E-state index contributed by atoms with van der Waals surface area (Å²) in [4.78, 5) is 16.6. The Balaban J connectivity index is 2.00. The van der Waals surface area contributed by atoms with Gasteiger partial charge in [-0.05, 0) is 32.6 Å². The second-order valence-electron chi connectivity index (χ2n) is 6.62. The first kappa shape index (κ1) is 18.4. The summed E-state index contributed by atoms with van der Waals surface area (Å²) < 4.78 is 5.13. The Kier molecular flexibility index (Phi) is 7.24. The lowest BCUT2D eigenvalue weighted by molar-refractivity contribution is -0.118. The molecule has 1 unspecified atom stereocenters.